The number of nitrogens with zero attached hydrogens (tertiary/aromatic N) is 1. The van der Waals surface area contributed by atoms with Crippen LogP contribution in [-0.2, 0) is 14.7 Å². The summed E-state index contributed by atoms with van der Waals surface area (Å²) in [6, 6.07) is -0.376. The Kier molecular flexibility index (Phi) is 4.61. The molecule has 2 amide bonds. The topological polar surface area (TPSA) is 75.7 Å². The van der Waals surface area contributed by atoms with Gasteiger partial charge in [-0.05, 0) is 19.8 Å². The van der Waals surface area contributed by atoms with Crippen molar-refractivity contribution in [2.45, 2.75) is 32.4 Å². The van der Waals surface area contributed by atoms with E-state index < -0.39 is 14.6 Å². The molecule has 0 aromatic heterocycles. The number of carbonyl (C=O) groups excluding carboxylic acids is 1. The fourth-order valence-electron chi connectivity index (χ4n) is 1.65. The van der Waals surface area contributed by atoms with E-state index in [1.807, 2.05) is 13.8 Å². The van der Waals surface area contributed by atoms with E-state index in [-0.39, 0.29) is 24.9 Å². The molecule has 0 atom stereocenters. The molecule has 18 heavy (non-hydrogen) atoms. The van der Waals surface area contributed by atoms with Gasteiger partial charge in [0.25, 0.3) is 0 Å². The summed E-state index contributed by atoms with van der Waals surface area (Å²) in [5.41, 5.74) is 2.34. The molecule has 106 valence electrons. The highest BCUT2D eigenvalue weighted by Gasteiger charge is 2.41. The van der Waals surface area contributed by atoms with Crippen LogP contribution in [0.5, 0.6) is 0 Å². The summed E-state index contributed by atoms with van der Waals surface area (Å²) in [5.74, 6) is 0.320. The summed E-state index contributed by atoms with van der Waals surface area (Å²) < 4.78 is 22.7. The van der Waals surface area contributed by atoms with Gasteiger partial charge in [0.15, 0.2) is 9.84 Å². The molecule has 0 unspecified atom stereocenters. The Labute approximate surface area is 109 Å². The maximum atomic E-state index is 11.8. The smallest absolute Gasteiger partial charge is 0.320 e. The van der Waals surface area contributed by atoms with E-state index in [9.17, 15) is 13.2 Å². The lowest BCUT2D eigenvalue weighted by atomic mass is 10.2. The monoisotopic (exact) mass is 278 g/mol. The molecule has 0 radical (unpaired) electrons. The van der Waals surface area contributed by atoms with E-state index >= 15 is 0 Å². The number of sulfone groups is 1. The highest BCUT2D eigenvalue weighted by Crippen LogP contribution is 2.23. The van der Waals surface area contributed by atoms with Gasteiger partial charge in [0.2, 0.25) is 0 Å². The van der Waals surface area contributed by atoms with Crippen molar-refractivity contribution in [1.29, 1.82) is 0 Å². The molecule has 1 heterocycles. The normalized spacial score (nSPS) is 21.9. The molecule has 1 N–H and O–H groups in total. The zero-order valence-corrected chi connectivity index (χ0v) is 12.2. The lowest BCUT2D eigenvalue weighted by Crippen LogP contribution is -2.56. The molecule has 0 aromatic rings. The number of rotatable bonds is 3. The highest BCUT2D eigenvalue weighted by molar-refractivity contribution is 7.92. The van der Waals surface area contributed by atoms with E-state index in [0.29, 0.717) is 12.5 Å². The molecule has 0 aromatic carbocycles. The first-order chi connectivity index (χ1) is 8.16. The predicted molar refractivity (Wildman–Crippen MR) is 68.8 cm³/mol. The molecule has 1 rings (SSSR count). The van der Waals surface area contributed by atoms with Crippen molar-refractivity contribution in [3.05, 3.63) is 0 Å². The summed E-state index contributed by atoms with van der Waals surface area (Å²) in [6.07, 6.45) is 0. The van der Waals surface area contributed by atoms with Crippen LogP contribution in [0.2, 0.25) is 0 Å². The quantitative estimate of drug-likeness (QED) is 0.775. The number of nitrogens with one attached hydrogen (secondary N) is 1. The van der Waals surface area contributed by atoms with Gasteiger partial charge in [-0.15, -0.1) is 0 Å². The average Bonchev–Trinajstić information content (AvgIpc) is 2.21. The molecule has 1 saturated heterocycles. The Hall–Kier alpha value is -0.820. The third-order valence-electron chi connectivity index (χ3n) is 2.91. The van der Waals surface area contributed by atoms with Crippen LogP contribution >= 0.6 is 0 Å². The summed E-state index contributed by atoms with van der Waals surface area (Å²) >= 11 is 0. The van der Waals surface area contributed by atoms with Crippen LogP contribution in [0.25, 0.3) is 0 Å². The lowest BCUT2D eigenvalue weighted by molar-refractivity contribution is 0.0319. The van der Waals surface area contributed by atoms with Crippen LogP contribution < -0.4 is 5.48 Å². The first-order valence-electron chi connectivity index (χ1n) is 6.05. The number of hydrogen-bond acceptors (Lipinski definition) is 4. The van der Waals surface area contributed by atoms with Crippen LogP contribution in [0.3, 0.4) is 0 Å². The molecule has 1 aliphatic heterocycles. The van der Waals surface area contributed by atoms with Crippen molar-refractivity contribution in [2.24, 2.45) is 5.92 Å². The van der Waals surface area contributed by atoms with Gasteiger partial charge in [-0.3, -0.25) is 4.84 Å². The molecule has 0 bridgehead atoms. The largest absolute Gasteiger partial charge is 0.341 e. The molecule has 6 nitrogen and oxygen atoms in total. The Morgan fingerprint density at radius 1 is 1.44 bits per heavy atom. The molecular weight excluding hydrogens is 256 g/mol. The SMILES string of the molecule is CC(C)CONC(=O)N1CCS(=O)(=O)C(C)(C)C1. The van der Waals surface area contributed by atoms with E-state index in [4.69, 9.17) is 4.84 Å². The fraction of sp³-hybridized carbons (Fsp3) is 0.909. The second-order valence-electron chi connectivity index (χ2n) is 5.61. The first kappa shape index (κ1) is 15.2. The van der Waals surface area contributed by atoms with Crippen LogP contribution in [0.4, 0.5) is 4.79 Å². The Bertz CT molecular complexity index is 403. The van der Waals surface area contributed by atoms with Crippen LogP contribution in [-0.4, -0.2) is 49.5 Å². The van der Waals surface area contributed by atoms with E-state index in [1.165, 1.54) is 4.90 Å². The number of hydrogen-bond donors (Lipinski definition) is 1. The van der Waals surface area contributed by atoms with Gasteiger partial charge >= 0.3 is 6.03 Å². The zero-order chi connectivity index (χ0) is 14.0. The van der Waals surface area contributed by atoms with Crippen molar-refractivity contribution in [3.63, 3.8) is 0 Å². The molecule has 0 saturated carbocycles. The molecular formula is C11H22N2O4S. The van der Waals surface area contributed by atoms with Crippen molar-refractivity contribution in [2.75, 3.05) is 25.4 Å². The van der Waals surface area contributed by atoms with Crippen LogP contribution in [0, 0.1) is 5.92 Å². The first-order valence-corrected chi connectivity index (χ1v) is 7.70. The lowest BCUT2D eigenvalue weighted by Gasteiger charge is -2.37. The van der Waals surface area contributed by atoms with Crippen LogP contribution in [0.1, 0.15) is 27.7 Å². The van der Waals surface area contributed by atoms with Gasteiger partial charge in [0, 0.05) is 13.1 Å². The summed E-state index contributed by atoms with van der Waals surface area (Å²) in [7, 11) is -3.12. The molecule has 0 spiro atoms. The van der Waals surface area contributed by atoms with E-state index in [1.54, 1.807) is 13.8 Å². The summed E-state index contributed by atoms with van der Waals surface area (Å²) in [4.78, 5) is 18.3. The third kappa shape index (κ3) is 3.58. The Morgan fingerprint density at radius 2 is 2.06 bits per heavy atom. The van der Waals surface area contributed by atoms with Gasteiger partial charge < -0.3 is 4.90 Å². The highest BCUT2D eigenvalue weighted by atomic mass is 32.2. The Morgan fingerprint density at radius 3 is 2.56 bits per heavy atom. The molecule has 1 aliphatic rings. The van der Waals surface area contributed by atoms with Gasteiger partial charge in [0.05, 0.1) is 17.1 Å². The van der Waals surface area contributed by atoms with Crippen molar-refractivity contribution < 1.29 is 18.0 Å². The second-order valence-corrected chi connectivity index (χ2v) is 8.36. The minimum Gasteiger partial charge on any atom is -0.320 e. The number of carbonyl (C=O) groups is 1. The van der Waals surface area contributed by atoms with Gasteiger partial charge in [-0.2, -0.15) is 0 Å². The van der Waals surface area contributed by atoms with Gasteiger partial charge in [-0.25, -0.2) is 18.7 Å². The van der Waals surface area contributed by atoms with E-state index in [2.05, 4.69) is 5.48 Å². The minimum absolute atomic E-state index is 0.00238. The molecule has 1 fully saturated rings. The van der Waals surface area contributed by atoms with Crippen molar-refractivity contribution >= 4 is 15.9 Å². The maximum Gasteiger partial charge on any atom is 0.341 e. The summed E-state index contributed by atoms with van der Waals surface area (Å²) in [6.45, 7) is 8.05. The molecule has 7 heteroatoms. The maximum absolute atomic E-state index is 11.8. The fourth-order valence-corrected chi connectivity index (χ4v) is 3.02. The van der Waals surface area contributed by atoms with Crippen molar-refractivity contribution in [1.82, 2.24) is 10.4 Å². The predicted octanol–water partition coefficient (Wildman–Crippen LogP) is 0.793. The van der Waals surface area contributed by atoms with Crippen molar-refractivity contribution in [3.8, 4) is 0 Å². The minimum atomic E-state index is -3.12. The number of amides is 2. The van der Waals surface area contributed by atoms with Crippen LogP contribution in [0.15, 0.2) is 0 Å². The summed E-state index contributed by atoms with van der Waals surface area (Å²) in [5, 5.41) is 0. The zero-order valence-electron chi connectivity index (χ0n) is 11.4. The second kappa shape index (κ2) is 5.44. The standard InChI is InChI=1S/C11H22N2O4S/c1-9(2)7-17-12-10(14)13-5-6-18(15,16)11(3,4)8-13/h9H,5-8H2,1-4H3,(H,12,14). The molecule has 0 aliphatic carbocycles. The third-order valence-corrected chi connectivity index (χ3v) is 5.44. The Balaban J connectivity index is 2.52. The van der Waals surface area contributed by atoms with Gasteiger partial charge in [0.1, 0.15) is 0 Å². The number of hydroxylamine groups is 1. The number of urea groups is 1. The average molecular weight is 278 g/mol. The van der Waals surface area contributed by atoms with Gasteiger partial charge in [-0.1, -0.05) is 13.8 Å². The van der Waals surface area contributed by atoms with E-state index in [0.717, 1.165) is 0 Å².